The van der Waals surface area contributed by atoms with E-state index in [4.69, 9.17) is 4.84 Å². The average molecular weight is 186 g/mol. The molecule has 0 spiro atoms. The minimum absolute atomic E-state index is 0.130. The molecule has 0 aliphatic carbocycles. The molecule has 0 aromatic carbocycles. The van der Waals surface area contributed by atoms with E-state index < -0.39 is 0 Å². The molecule has 76 valence electrons. The van der Waals surface area contributed by atoms with Gasteiger partial charge in [0, 0.05) is 33.2 Å². The molecule has 2 aliphatic rings. The predicted molar refractivity (Wildman–Crippen MR) is 49.7 cm³/mol. The van der Waals surface area contributed by atoms with E-state index in [2.05, 4.69) is 15.5 Å². The number of nitrogens with one attached hydrogen (secondary N) is 2. The molecule has 5 heteroatoms. The average Bonchev–Trinajstić information content (AvgIpc) is 2.47. The first-order chi connectivity index (χ1) is 6.27. The zero-order chi connectivity index (χ0) is 9.26. The fourth-order valence-corrected chi connectivity index (χ4v) is 1.91. The molecule has 2 heterocycles. The van der Waals surface area contributed by atoms with Gasteiger partial charge in [0.1, 0.15) is 12.5 Å². The fraction of sp³-hybridized carbons (Fsp3) is 1.00. The summed E-state index contributed by atoms with van der Waals surface area (Å²) in [7, 11) is 1.98. The van der Waals surface area contributed by atoms with E-state index in [0.717, 1.165) is 26.2 Å². The van der Waals surface area contributed by atoms with E-state index >= 15 is 0 Å². The normalized spacial score (nSPS) is 38.3. The van der Waals surface area contributed by atoms with Gasteiger partial charge in [0.25, 0.3) is 0 Å². The molecule has 2 fully saturated rings. The smallest absolute Gasteiger partial charge is 0.141 e. The Morgan fingerprint density at radius 1 is 1.31 bits per heavy atom. The second kappa shape index (κ2) is 3.89. The van der Waals surface area contributed by atoms with Crippen molar-refractivity contribution in [3.8, 4) is 0 Å². The van der Waals surface area contributed by atoms with Crippen molar-refractivity contribution < 1.29 is 4.84 Å². The van der Waals surface area contributed by atoms with Gasteiger partial charge in [0.2, 0.25) is 0 Å². The van der Waals surface area contributed by atoms with Gasteiger partial charge in [-0.3, -0.25) is 15.1 Å². The molecule has 2 atom stereocenters. The van der Waals surface area contributed by atoms with Crippen LogP contribution < -0.4 is 10.6 Å². The SMILES string of the molecule is CC1NC(N2CCNCC2)N(C)O1. The van der Waals surface area contributed by atoms with Gasteiger partial charge in [-0.1, -0.05) is 0 Å². The summed E-state index contributed by atoms with van der Waals surface area (Å²) in [6.07, 6.45) is 0.377. The predicted octanol–water partition coefficient (Wildman–Crippen LogP) is -1.01. The van der Waals surface area contributed by atoms with Gasteiger partial charge >= 0.3 is 0 Å². The van der Waals surface area contributed by atoms with E-state index in [1.54, 1.807) is 0 Å². The van der Waals surface area contributed by atoms with Crippen LogP contribution >= 0.6 is 0 Å². The first-order valence-electron chi connectivity index (χ1n) is 4.88. The number of hydroxylamine groups is 2. The molecule has 0 aromatic rings. The summed E-state index contributed by atoms with van der Waals surface area (Å²) in [4.78, 5) is 7.88. The van der Waals surface area contributed by atoms with E-state index in [0.29, 0.717) is 0 Å². The molecule has 0 saturated carbocycles. The minimum atomic E-state index is 0.130. The van der Waals surface area contributed by atoms with Gasteiger partial charge in [-0.05, 0) is 6.92 Å². The van der Waals surface area contributed by atoms with E-state index in [-0.39, 0.29) is 12.5 Å². The molecule has 2 rings (SSSR count). The number of rotatable bonds is 1. The Morgan fingerprint density at radius 2 is 2.00 bits per heavy atom. The molecular formula is C8H18N4O. The molecule has 2 saturated heterocycles. The van der Waals surface area contributed by atoms with Crippen molar-refractivity contribution in [2.45, 2.75) is 19.4 Å². The van der Waals surface area contributed by atoms with Crippen LogP contribution in [0.5, 0.6) is 0 Å². The third-order valence-corrected chi connectivity index (χ3v) is 2.55. The lowest BCUT2D eigenvalue weighted by atomic mass is 10.4. The summed E-state index contributed by atoms with van der Waals surface area (Å²) >= 11 is 0. The highest BCUT2D eigenvalue weighted by atomic mass is 16.7. The van der Waals surface area contributed by atoms with Gasteiger partial charge < -0.3 is 5.32 Å². The number of nitrogens with zero attached hydrogens (tertiary/aromatic N) is 2. The Morgan fingerprint density at radius 3 is 2.54 bits per heavy atom. The van der Waals surface area contributed by atoms with Gasteiger partial charge in [-0.15, -0.1) is 0 Å². The summed E-state index contributed by atoms with van der Waals surface area (Å²) in [6.45, 7) is 6.33. The first kappa shape index (κ1) is 9.36. The quantitative estimate of drug-likeness (QED) is 0.549. The van der Waals surface area contributed by atoms with E-state index in [9.17, 15) is 0 Å². The summed E-state index contributed by atoms with van der Waals surface area (Å²) in [5, 5.41) is 8.61. The Balaban J connectivity index is 1.91. The lowest BCUT2D eigenvalue weighted by Gasteiger charge is -2.34. The third-order valence-electron chi connectivity index (χ3n) is 2.55. The Kier molecular flexibility index (Phi) is 2.80. The maximum Gasteiger partial charge on any atom is 0.141 e. The second-order valence-electron chi connectivity index (χ2n) is 3.62. The van der Waals surface area contributed by atoms with Crippen LogP contribution in [0.3, 0.4) is 0 Å². The van der Waals surface area contributed by atoms with Crippen LogP contribution in [0.4, 0.5) is 0 Å². The summed E-state index contributed by atoms with van der Waals surface area (Å²) in [5.74, 6) is 0. The highest BCUT2D eigenvalue weighted by molar-refractivity contribution is 4.75. The van der Waals surface area contributed by atoms with Crippen molar-refractivity contribution >= 4 is 0 Å². The third kappa shape index (κ3) is 2.00. The van der Waals surface area contributed by atoms with Gasteiger partial charge in [0.05, 0.1) is 0 Å². The molecular weight excluding hydrogens is 168 g/mol. The molecule has 0 aromatic heterocycles. The zero-order valence-corrected chi connectivity index (χ0v) is 8.29. The van der Waals surface area contributed by atoms with Crippen LogP contribution in [0.15, 0.2) is 0 Å². The minimum Gasteiger partial charge on any atom is -0.314 e. The van der Waals surface area contributed by atoms with Crippen molar-refractivity contribution in [3.63, 3.8) is 0 Å². The van der Waals surface area contributed by atoms with Crippen molar-refractivity contribution in [3.05, 3.63) is 0 Å². The summed E-state index contributed by atoms with van der Waals surface area (Å²) < 4.78 is 0. The van der Waals surface area contributed by atoms with Crippen LogP contribution in [0.1, 0.15) is 6.92 Å². The molecule has 2 aliphatic heterocycles. The standard InChI is InChI=1S/C8H18N4O/c1-7-10-8(11(2)13-7)12-5-3-9-4-6-12/h7-10H,3-6H2,1-2H3. The van der Waals surface area contributed by atoms with E-state index in [1.165, 1.54) is 0 Å². The van der Waals surface area contributed by atoms with E-state index in [1.807, 2.05) is 19.0 Å². The summed E-state index contributed by atoms with van der Waals surface area (Å²) in [5.41, 5.74) is 0. The van der Waals surface area contributed by atoms with Crippen molar-refractivity contribution in [2.75, 3.05) is 33.2 Å². The maximum absolute atomic E-state index is 5.49. The molecule has 0 amide bonds. The number of hydrogen-bond acceptors (Lipinski definition) is 5. The van der Waals surface area contributed by atoms with Gasteiger partial charge in [-0.2, -0.15) is 5.06 Å². The van der Waals surface area contributed by atoms with Crippen LogP contribution in [-0.4, -0.2) is 55.7 Å². The molecule has 0 radical (unpaired) electrons. The highest BCUT2D eigenvalue weighted by Gasteiger charge is 2.32. The number of hydrogen-bond donors (Lipinski definition) is 2. The summed E-state index contributed by atoms with van der Waals surface area (Å²) in [6, 6.07) is 0. The largest absolute Gasteiger partial charge is 0.314 e. The van der Waals surface area contributed by atoms with Crippen LogP contribution in [-0.2, 0) is 4.84 Å². The molecule has 2 N–H and O–H groups in total. The first-order valence-corrected chi connectivity index (χ1v) is 4.88. The fourth-order valence-electron chi connectivity index (χ4n) is 1.91. The zero-order valence-electron chi connectivity index (χ0n) is 8.29. The monoisotopic (exact) mass is 186 g/mol. The van der Waals surface area contributed by atoms with Crippen LogP contribution in [0, 0.1) is 0 Å². The van der Waals surface area contributed by atoms with Crippen molar-refractivity contribution in [1.29, 1.82) is 0 Å². The lowest BCUT2D eigenvalue weighted by molar-refractivity contribution is -0.164. The Labute approximate surface area is 79.0 Å². The van der Waals surface area contributed by atoms with Crippen LogP contribution in [0.25, 0.3) is 0 Å². The second-order valence-corrected chi connectivity index (χ2v) is 3.62. The van der Waals surface area contributed by atoms with Crippen molar-refractivity contribution in [1.82, 2.24) is 20.6 Å². The maximum atomic E-state index is 5.49. The van der Waals surface area contributed by atoms with Crippen LogP contribution in [0.2, 0.25) is 0 Å². The van der Waals surface area contributed by atoms with Gasteiger partial charge in [-0.25, -0.2) is 0 Å². The molecule has 0 bridgehead atoms. The van der Waals surface area contributed by atoms with Gasteiger partial charge in [0.15, 0.2) is 0 Å². The Bertz CT molecular complexity index is 172. The highest BCUT2D eigenvalue weighted by Crippen LogP contribution is 2.12. The number of piperazine rings is 1. The topological polar surface area (TPSA) is 39.8 Å². The molecule has 13 heavy (non-hydrogen) atoms. The Hall–Kier alpha value is -0.200. The molecule has 2 unspecified atom stereocenters. The lowest BCUT2D eigenvalue weighted by Crippen LogP contribution is -2.56. The van der Waals surface area contributed by atoms with Crippen molar-refractivity contribution in [2.24, 2.45) is 0 Å². The molecule has 5 nitrogen and oxygen atoms in total.